The third-order valence-electron chi connectivity index (χ3n) is 4.28. The Morgan fingerprint density at radius 1 is 1.09 bits per heavy atom. The van der Waals surface area contributed by atoms with Gasteiger partial charge < -0.3 is 20.1 Å². The highest BCUT2D eigenvalue weighted by molar-refractivity contribution is 7.89. The van der Waals surface area contributed by atoms with Crippen molar-refractivity contribution >= 4 is 50.7 Å². The number of carbonyl (C=O) groups excluding carboxylic acids is 1. The van der Waals surface area contributed by atoms with Crippen molar-refractivity contribution in [1.82, 2.24) is 14.7 Å². The summed E-state index contributed by atoms with van der Waals surface area (Å²) in [5.74, 6) is 0.500. The van der Waals surface area contributed by atoms with Gasteiger partial charge in [0, 0.05) is 5.69 Å². The fourth-order valence-electron chi connectivity index (χ4n) is 2.76. The van der Waals surface area contributed by atoms with E-state index in [1.807, 2.05) is 0 Å². The summed E-state index contributed by atoms with van der Waals surface area (Å²) in [6.45, 7) is 3.34. The van der Waals surface area contributed by atoms with Crippen molar-refractivity contribution in [3.8, 4) is 5.75 Å². The third kappa shape index (κ3) is 6.80. The predicted octanol–water partition coefficient (Wildman–Crippen LogP) is 3.86. The highest BCUT2D eigenvalue weighted by Gasteiger charge is 2.17. The molecule has 180 valence electrons. The van der Waals surface area contributed by atoms with Crippen LogP contribution < -0.4 is 20.1 Å². The standard InChI is InChI=1S/C22H24ClN5O5S/c1-14(2)33-20(29)13-32-16-10-8-15(9-11-16)26-22-25-12-17(23)21(28-22)27-18-6-4-5-7-19(18)34(30,31)24-3/h4-12,14,24H,13H2,1-3H3,(H2,25,26,27,28). The molecule has 0 spiro atoms. The average molecular weight is 506 g/mol. The van der Waals surface area contributed by atoms with Gasteiger partial charge in [0.25, 0.3) is 0 Å². The molecule has 0 bridgehead atoms. The number of aromatic nitrogens is 2. The fourth-order valence-corrected chi connectivity index (χ4v) is 3.78. The van der Waals surface area contributed by atoms with Crippen molar-refractivity contribution in [2.45, 2.75) is 24.8 Å². The van der Waals surface area contributed by atoms with Crippen LogP contribution in [0.2, 0.25) is 5.02 Å². The molecule has 3 aromatic rings. The van der Waals surface area contributed by atoms with E-state index in [2.05, 4.69) is 25.3 Å². The second-order valence-electron chi connectivity index (χ2n) is 7.20. The van der Waals surface area contributed by atoms with E-state index in [1.165, 1.54) is 19.3 Å². The van der Waals surface area contributed by atoms with Crippen molar-refractivity contribution in [3.63, 3.8) is 0 Å². The van der Waals surface area contributed by atoms with Crippen LogP contribution >= 0.6 is 11.6 Å². The molecule has 0 amide bonds. The van der Waals surface area contributed by atoms with Crippen molar-refractivity contribution < 1.29 is 22.7 Å². The van der Waals surface area contributed by atoms with Gasteiger partial charge in [0.15, 0.2) is 12.4 Å². The number of benzene rings is 2. The minimum Gasteiger partial charge on any atom is -0.482 e. The number of anilines is 4. The molecule has 0 unspecified atom stereocenters. The molecule has 0 fully saturated rings. The quantitative estimate of drug-likeness (QED) is 0.351. The number of nitrogens with one attached hydrogen (secondary N) is 3. The first-order chi connectivity index (χ1) is 16.2. The Bertz CT molecular complexity index is 1250. The van der Waals surface area contributed by atoms with Gasteiger partial charge >= 0.3 is 5.97 Å². The van der Waals surface area contributed by atoms with Crippen LogP contribution in [0.1, 0.15) is 13.8 Å². The lowest BCUT2D eigenvalue weighted by atomic mass is 10.3. The minimum absolute atomic E-state index is 0.0505. The fraction of sp³-hybridized carbons (Fsp3) is 0.227. The summed E-state index contributed by atoms with van der Waals surface area (Å²) in [6.07, 6.45) is 1.19. The number of para-hydroxylation sites is 1. The molecule has 1 heterocycles. The lowest BCUT2D eigenvalue weighted by Gasteiger charge is -2.13. The Morgan fingerprint density at radius 2 is 1.79 bits per heavy atom. The largest absolute Gasteiger partial charge is 0.482 e. The molecule has 0 radical (unpaired) electrons. The molecule has 0 aliphatic carbocycles. The van der Waals surface area contributed by atoms with E-state index in [4.69, 9.17) is 21.1 Å². The highest BCUT2D eigenvalue weighted by Crippen LogP contribution is 2.29. The van der Waals surface area contributed by atoms with Gasteiger partial charge in [0.2, 0.25) is 16.0 Å². The topological polar surface area (TPSA) is 132 Å². The molecule has 0 aliphatic heterocycles. The van der Waals surface area contributed by atoms with Gasteiger partial charge in [-0.25, -0.2) is 22.9 Å². The summed E-state index contributed by atoms with van der Waals surface area (Å²) in [7, 11) is -2.36. The Balaban J connectivity index is 1.71. The first-order valence-corrected chi connectivity index (χ1v) is 12.1. The molecule has 12 heteroatoms. The van der Waals surface area contributed by atoms with Crippen LogP contribution in [0.5, 0.6) is 5.75 Å². The van der Waals surface area contributed by atoms with Crippen molar-refractivity contribution in [3.05, 3.63) is 59.8 Å². The molecule has 0 saturated heterocycles. The van der Waals surface area contributed by atoms with Crippen LogP contribution in [-0.2, 0) is 19.6 Å². The number of sulfonamides is 1. The maximum absolute atomic E-state index is 12.3. The number of rotatable bonds is 10. The number of halogens is 1. The lowest BCUT2D eigenvalue weighted by Crippen LogP contribution is -2.19. The van der Waals surface area contributed by atoms with Gasteiger partial charge in [0.1, 0.15) is 15.7 Å². The molecule has 1 aromatic heterocycles. The second kappa shape index (κ2) is 11.1. The molecule has 3 rings (SSSR count). The molecule has 0 atom stereocenters. The Labute approximate surface area is 202 Å². The van der Waals surface area contributed by atoms with E-state index in [0.717, 1.165) is 0 Å². The van der Waals surface area contributed by atoms with E-state index >= 15 is 0 Å². The summed E-state index contributed by atoms with van der Waals surface area (Å²) in [5, 5.41) is 6.19. The van der Waals surface area contributed by atoms with Crippen molar-refractivity contribution in [2.24, 2.45) is 0 Å². The van der Waals surface area contributed by atoms with Crippen molar-refractivity contribution in [2.75, 3.05) is 24.3 Å². The Morgan fingerprint density at radius 3 is 2.47 bits per heavy atom. The number of ether oxygens (including phenoxy) is 2. The smallest absolute Gasteiger partial charge is 0.344 e. The van der Waals surface area contributed by atoms with Gasteiger partial charge in [-0.3, -0.25) is 0 Å². The molecule has 0 aliphatic rings. The predicted molar refractivity (Wildman–Crippen MR) is 129 cm³/mol. The van der Waals surface area contributed by atoms with Crippen LogP contribution in [0.15, 0.2) is 59.6 Å². The first kappa shape index (κ1) is 25.2. The second-order valence-corrected chi connectivity index (χ2v) is 9.46. The van der Waals surface area contributed by atoms with E-state index in [0.29, 0.717) is 17.1 Å². The number of carbonyl (C=O) groups is 1. The van der Waals surface area contributed by atoms with Crippen LogP contribution in [-0.4, -0.2) is 44.1 Å². The zero-order chi connectivity index (χ0) is 24.7. The van der Waals surface area contributed by atoms with E-state index in [9.17, 15) is 13.2 Å². The Hall–Kier alpha value is -3.41. The zero-order valence-electron chi connectivity index (χ0n) is 18.7. The summed E-state index contributed by atoms with van der Waals surface area (Å²) in [5.41, 5.74) is 0.962. The van der Waals surface area contributed by atoms with Gasteiger partial charge in [-0.05, 0) is 57.3 Å². The number of hydrogen-bond donors (Lipinski definition) is 3. The molecule has 2 aromatic carbocycles. The number of nitrogens with zero attached hydrogens (tertiary/aromatic N) is 2. The highest BCUT2D eigenvalue weighted by atomic mass is 35.5. The first-order valence-electron chi connectivity index (χ1n) is 10.2. The minimum atomic E-state index is -3.70. The van der Waals surface area contributed by atoms with E-state index in [1.54, 1.807) is 56.3 Å². The molecule has 10 nitrogen and oxygen atoms in total. The molecular formula is C22H24ClN5O5S. The monoisotopic (exact) mass is 505 g/mol. The number of esters is 1. The average Bonchev–Trinajstić information content (AvgIpc) is 2.80. The molecule has 3 N–H and O–H groups in total. The van der Waals surface area contributed by atoms with E-state index in [-0.39, 0.29) is 34.4 Å². The summed E-state index contributed by atoms with van der Waals surface area (Å²) in [6, 6.07) is 13.2. The molecule has 34 heavy (non-hydrogen) atoms. The zero-order valence-corrected chi connectivity index (χ0v) is 20.3. The van der Waals surface area contributed by atoms with Gasteiger partial charge in [0.05, 0.1) is 18.0 Å². The van der Waals surface area contributed by atoms with E-state index < -0.39 is 16.0 Å². The summed E-state index contributed by atoms with van der Waals surface area (Å²) >= 11 is 6.23. The maximum atomic E-state index is 12.3. The SMILES string of the molecule is CNS(=O)(=O)c1ccccc1Nc1nc(Nc2ccc(OCC(=O)OC(C)C)cc2)ncc1Cl. The third-order valence-corrected chi connectivity index (χ3v) is 6.03. The number of hydrogen-bond acceptors (Lipinski definition) is 9. The van der Waals surface area contributed by atoms with Crippen molar-refractivity contribution in [1.29, 1.82) is 0 Å². The summed E-state index contributed by atoms with van der Waals surface area (Å²) in [4.78, 5) is 20.1. The maximum Gasteiger partial charge on any atom is 0.344 e. The van der Waals surface area contributed by atoms with Crippen LogP contribution in [0, 0.1) is 0 Å². The molecular weight excluding hydrogens is 482 g/mol. The van der Waals surface area contributed by atoms with Crippen LogP contribution in [0.3, 0.4) is 0 Å². The molecule has 0 saturated carbocycles. The van der Waals surface area contributed by atoms with Crippen LogP contribution in [0.25, 0.3) is 0 Å². The van der Waals surface area contributed by atoms with Gasteiger partial charge in [-0.1, -0.05) is 23.7 Å². The van der Waals surface area contributed by atoms with Gasteiger partial charge in [-0.15, -0.1) is 0 Å². The van der Waals surface area contributed by atoms with Gasteiger partial charge in [-0.2, -0.15) is 4.98 Å². The van der Waals surface area contributed by atoms with Crippen LogP contribution in [0.4, 0.5) is 23.1 Å². The summed E-state index contributed by atoms with van der Waals surface area (Å²) < 4.78 is 37.3. The Kier molecular flexibility index (Phi) is 8.26. The normalized spacial score (nSPS) is 11.2. The lowest BCUT2D eigenvalue weighted by molar-refractivity contribution is -0.149.